The third-order valence-corrected chi connectivity index (χ3v) is 1.48. The number of hydrogen-bond donors (Lipinski definition) is 1. The fourth-order valence-electron chi connectivity index (χ4n) is 0.826. The van der Waals surface area contributed by atoms with Gasteiger partial charge in [0.25, 0.3) is 0 Å². The number of aliphatic hydroxyl groups is 1. The summed E-state index contributed by atoms with van der Waals surface area (Å²) in [6.45, 7) is 2.36. The molecule has 0 aromatic heterocycles. The average Bonchev–Trinajstić information content (AvgIpc) is 2.42. The molecule has 0 saturated carbocycles. The molecule has 1 rings (SSSR count). The highest BCUT2D eigenvalue weighted by Gasteiger charge is 2.32. The van der Waals surface area contributed by atoms with E-state index in [2.05, 4.69) is 6.92 Å². The van der Waals surface area contributed by atoms with Crippen molar-refractivity contribution in [2.24, 2.45) is 0 Å². The molecule has 1 heterocycles. The predicted octanol–water partition coefficient (Wildman–Crippen LogP) is 0.546. The van der Waals surface area contributed by atoms with Gasteiger partial charge in [-0.15, -0.1) is 0 Å². The van der Waals surface area contributed by atoms with Crippen LogP contribution in [0.15, 0.2) is 0 Å². The molecule has 2 atom stereocenters. The van der Waals surface area contributed by atoms with E-state index >= 15 is 0 Å². The Labute approximate surface area is 49.5 Å². The molecule has 2 heteroatoms. The zero-order chi connectivity index (χ0) is 5.98. The van der Waals surface area contributed by atoms with Crippen LogP contribution in [0.1, 0.15) is 19.8 Å². The van der Waals surface area contributed by atoms with Crippen molar-refractivity contribution in [2.45, 2.75) is 32.0 Å². The van der Waals surface area contributed by atoms with Crippen molar-refractivity contribution in [2.75, 3.05) is 6.61 Å². The molecule has 2 nitrogen and oxygen atoms in total. The van der Waals surface area contributed by atoms with Crippen molar-refractivity contribution in [3.8, 4) is 0 Å². The molecule has 0 unspecified atom stereocenters. The smallest absolute Gasteiger partial charge is 0.0839 e. The van der Waals surface area contributed by atoms with Gasteiger partial charge in [0.15, 0.2) is 0 Å². The Morgan fingerprint density at radius 3 is 2.62 bits per heavy atom. The van der Waals surface area contributed by atoms with E-state index in [9.17, 15) is 0 Å². The lowest BCUT2D eigenvalue weighted by molar-refractivity contribution is 0.273. The van der Waals surface area contributed by atoms with E-state index in [1.54, 1.807) is 0 Å². The molecule has 0 amide bonds. The SMILES string of the molecule is C[C@H]1O[C@H]1CCCO. The molecule has 1 aliphatic rings. The van der Waals surface area contributed by atoms with Gasteiger partial charge >= 0.3 is 0 Å². The molecule has 1 saturated heterocycles. The summed E-state index contributed by atoms with van der Waals surface area (Å²) in [4.78, 5) is 0. The highest BCUT2D eigenvalue weighted by Crippen LogP contribution is 2.24. The number of epoxide rings is 1. The highest BCUT2D eigenvalue weighted by atomic mass is 16.6. The number of aliphatic hydroxyl groups excluding tert-OH is 1. The molecular formula is C6H12O2. The van der Waals surface area contributed by atoms with E-state index in [1.165, 1.54) is 0 Å². The Kier molecular flexibility index (Phi) is 1.86. The van der Waals surface area contributed by atoms with Crippen LogP contribution in [0.5, 0.6) is 0 Å². The number of rotatable bonds is 3. The molecule has 0 radical (unpaired) electrons. The third-order valence-electron chi connectivity index (χ3n) is 1.48. The first-order valence-electron chi connectivity index (χ1n) is 3.11. The van der Waals surface area contributed by atoms with Crippen LogP contribution in [0, 0.1) is 0 Å². The molecular weight excluding hydrogens is 104 g/mol. The predicted molar refractivity (Wildman–Crippen MR) is 30.7 cm³/mol. The van der Waals surface area contributed by atoms with Gasteiger partial charge in [-0.05, 0) is 19.8 Å². The van der Waals surface area contributed by atoms with Crippen molar-refractivity contribution in [3.05, 3.63) is 0 Å². The van der Waals surface area contributed by atoms with Crippen molar-refractivity contribution in [1.29, 1.82) is 0 Å². The van der Waals surface area contributed by atoms with Gasteiger partial charge in [0.05, 0.1) is 12.2 Å². The van der Waals surface area contributed by atoms with Crippen LogP contribution in [0.2, 0.25) is 0 Å². The van der Waals surface area contributed by atoms with Crippen molar-refractivity contribution >= 4 is 0 Å². The van der Waals surface area contributed by atoms with Crippen LogP contribution in [0.3, 0.4) is 0 Å². The minimum Gasteiger partial charge on any atom is -0.396 e. The molecule has 48 valence electrons. The Morgan fingerprint density at radius 2 is 2.25 bits per heavy atom. The summed E-state index contributed by atoms with van der Waals surface area (Å²) in [5, 5.41) is 8.37. The summed E-state index contributed by atoms with van der Waals surface area (Å²) in [7, 11) is 0. The summed E-state index contributed by atoms with van der Waals surface area (Å²) < 4.78 is 5.11. The second-order valence-electron chi connectivity index (χ2n) is 2.25. The molecule has 0 bridgehead atoms. The third kappa shape index (κ3) is 1.46. The lowest BCUT2D eigenvalue weighted by atomic mass is 10.2. The van der Waals surface area contributed by atoms with E-state index in [4.69, 9.17) is 9.84 Å². The molecule has 0 aliphatic carbocycles. The Balaban J connectivity index is 1.89. The van der Waals surface area contributed by atoms with Gasteiger partial charge in [0.2, 0.25) is 0 Å². The van der Waals surface area contributed by atoms with Gasteiger partial charge in [-0.25, -0.2) is 0 Å². The van der Waals surface area contributed by atoms with Crippen molar-refractivity contribution in [3.63, 3.8) is 0 Å². The Hall–Kier alpha value is -0.0800. The lowest BCUT2D eigenvalue weighted by Gasteiger charge is -1.87. The highest BCUT2D eigenvalue weighted by molar-refractivity contribution is 4.79. The Morgan fingerprint density at radius 1 is 1.62 bits per heavy atom. The largest absolute Gasteiger partial charge is 0.396 e. The minimum absolute atomic E-state index is 0.298. The van der Waals surface area contributed by atoms with Gasteiger partial charge < -0.3 is 9.84 Å². The average molecular weight is 116 g/mol. The van der Waals surface area contributed by atoms with E-state index < -0.39 is 0 Å². The maximum absolute atomic E-state index is 8.37. The van der Waals surface area contributed by atoms with Crippen LogP contribution >= 0.6 is 0 Å². The summed E-state index contributed by atoms with van der Waals surface area (Å²) in [6.07, 6.45) is 2.83. The van der Waals surface area contributed by atoms with Crippen LogP contribution < -0.4 is 0 Å². The summed E-state index contributed by atoms with van der Waals surface area (Å²) in [6, 6.07) is 0. The second-order valence-corrected chi connectivity index (χ2v) is 2.25. The fraction of sp³-hybridized carbons (Fsp3) is 1.00. The zero-order valence-electron chi connectivity index (χ0n) is 5.13. The first kappa shape index (κ1) is 6.05. The molecule has 0 spiro atoms. The monoisotopic (exact) mass is 116 g/mol. The van der Waals surface area contributed by atoms with Gasteiger partial charge in [-0.1, -0.05) is 0 Å². The molecule has 1 fully saturated rings. The summed E-state index contributed by atoms with van der Waals surface area (Å²) in [5.74, 6) is 0. The van der Waals surface area contributed by atoms with Crippen molar-refractivity contribution in [1.82, 2.24) is 0 Å². The first-order chi connectivity index (χ1) is 3.84. The first-order valence-corrected chi connectivity index (χ1v) is 3.11. The molecule has 0 aromatic rings. The standard InChI is InChI=1S/C6H12O2/c1-5-6(8-5)3-2-4-7/h5-7H,2-4H2,1H3/t5-,6+/m1/s1. The number of hydrogen-bond acceptors (Lipinski definition) is 2. The minimum atomic E-state index is 0.298. The van der Waals surface area contributed by atoms with Gasteiger partial charge in [-0.3, -0.25) is 0 Å². The van der Waals surface area contributed by atoms with Crippen LogP contribution in [-0.4, -0.2) is 23.9 Å². The van der Waals surface area contributed by atoms with E-state index in [-0.39, 0.29) is 0 Å². The quantitative estimate of drug-likeness (QED) is 0.546. The molecule has 1 aliphatic heterocycles. The maximum atomic E-state index is 8.37. The normalized spacial score (nSPS) is 35.2. The second kappa shape index (κ2) is 2.46. The lowest BCUT2D eigenvalue weighted by Crippen LogP contribution is -1.91. The van der Waals surface area contributed by atoms with Crippen LogP contribution in [0.25, 0.3) is 0 Å². The van der Waals surface area contributed by atoms with E-state index in [0.717, 1.165) is 12.8 Å². The molecule has 0 aromatic carbocycles. The molecule has 1 N–H and O–H groups in total. The van der Waals surface area contributed by atoms with E-state index in [1.807, 2.05) is 0 Å². The van der Waals surface area contributed by atoms with Crippen LogP contribution in [0.4, 0.5) is 0 Å². The fourth-order valence-corrected chi connectivity index (χ4v) is 0.826. The summed E-state index contributed by atoms with van der Waals surface area (Å²) >= 11 is 0. The molecule has 8 heavy (non-hydrogen) atoms. The van der Waals surface area contributed by atoms with Gasteiger partial charge in [-0.2, -0.15) is 0 Å². The van der Waals surface area contributed by atoms with Gasteiger partial charge in [0.1, 0.15) is 0 Å². The topological polar surface area (TPSA) is 32.8 Å². The van der Waals surface area contributed by atoms with Crippen molar-refractivity contribution < 1.29 is 9.84 Å². The summed E-state index contributed by atoms with van der Waals surface area (Å²) in [5.41, 5.74) is 0. The van der Waals surface area contributed by atoms with Gasteiger partial charge in [0, 0.05) is 6.61 Å². The zero-order valence-corrected chi connectivity index (χ0v) is 5.13. The van der Waals surface area contributed by atoms with E-state index in [0.29, 0.717) is 18.8 Å². The number of ether oxygens (including phenoxy) is 1. The Bertz CT molecular complexity index is 72.9. The maximum Gasteiger partial charge on any atom is 0.0839 e. The van der Waals surface area contributed by atoms with Crippen LogP contribution in [-0.2, 0) is 4.74 Å².